The van der Waals surface area contributed by atoms with Crippen LogP contribution < -0.4 is 0 Å². The number of nitrogens with zero attached hydrogens (tertiary/aromatic N) is 4. The predicted molar refractivity (Wildman–Crippen MR) is 222 cm³/mol. The lowest BCUT2D eigenvalue weighted by Crippen LogP contribution is -2.28. The Hall–Kier alpha value is -7.30. The lowest BCUT2D eigenvalue weighted by Gasteiger charge is -2.33. The molecular formula is C51H34N4. The molecule has 0 aliphatic heterocycles. The molecule has 0 saturated heterocycles. The monoisotopic (exact) mass is 702 g/mol. The lowest BCUT2D eigenvalue weighted by atomic mass is 9.67. The molecule has 0 bridgehead atoms. The van der Waals surface area contributed by atoms with E-state index in [1.54, 1.807) is 0 Å². The highest BCUT2D eigenvalue weighted by atomic mass is 15.0. The van der Waals surface area contributed by atoms with Crippen molar-refractivity contribution in [3.63, 3.8) is 0 Å². The van der Waals surface area contributed by atoms with Crippen LogP contribution in [0.15, 0.2) is 206 Å². The summed E-state index contributed by atoms with van der Waals surface area (Å²) >= 11 is 0. The van der Waals surface area contributed by atoms with Crippen LogP contribution in [-0.2, 0) is 5.41 Å². The lowest BCUT2D eigenvalue weighted by molar-refractivity contribution is 0.768. The molecule has 0 radical (unpaired) electrons. The number of pyridine rings is 1. The normalized spacial score (nSPS) is 12.5. The number of benzene rings is 7. The van der Waals surface area contributed by atoms with Gasteiger partial charge in [0.15, 0.2) is 17.5 Å². The van der Waals surface area contributed by atoms with Crippen LogP contribution in [0.2, 0.25) is 0 Å². The average molecular weight is 703 g/mol. The molecule has 4 heteroatoms. The van der Waals surface area contributed by atoms with Crippen molar-refractivity contribution in [1.82, 2.24) is 19.9 Å². The molecule has 0 saturated carbocycles. The molecule has 2 aromatic heterocycles. The molecule has 1 aliphatic carbocycles. The van der Waals surface area contributed by atoms with E-state index in [0.717, 1.165) is 39.1 Å². The summed E-state index contributed by atoms with van der Waals surface area (Å²) in [5.41, 5.74) is 14.2. The number of hydrogen-bond acceptors (Lipinski definition) is 4. The number of fused-ring (bicyclic) bond motifs is 3. The first-order valence-corrected chi connectivity index (χ1v) is 18.6. The van der Waals surface area contributed by atoms with Crippen LogP contribution in [0.3, 0.4) is 0 Å². The van der Waals surface area contributed by atoms with Crippen molar-refractivity contribution in [2.75, 3.05) is 0 Å². The molecule has 2 heterocycles. The number of rotatable bonds is 7. The van der Waals surface area contributed by atoms with Crippen LogP contribution >= 0.6 is 0 Å². The van der Waals surface area contributed by atoms with Crippen LogP contribution in [0.4, 0.5) is 0 Å². The molecule has 0 N–H and O–H groups in total. The summed E-state index contributed by atoms with van der Waals surface area (Å²) < 4.78 is 0. The average Bonchev–Trinajstić information content (AvgIpc) is 3.58. The van der Waals surface area contributed by atoms with E-state index >= 15 is 0 Å². The van der Waals surface area contributed by atoms with Gasteiger partial charge in [0.05, 0.1) is 11.1 Å². The van der Waals surface area contributed by atoms with Gasteiger partial charge in [0, 0.05) is 28.5 Å². The van der Waals surface area contributed by atoms with Crippen LogP contribution in [0.25, 0.3) is 67.7 Å². The van der Waals surface area contributed by atoms with E-state index in [1.807, 2.05) is 66.9 Å². The minimum atomic E-state index is -0.416. The van der Waals surface area contributed by atoms with E-state index in [9.17, 15) is 0 Å². The van der Waals surface area contributed by atoms with Crippen LogP contribution in [0.1, 0.15) is 22.3 Å². The highest BCUT2D eigenvalue weighted by Crippen LogP contribution is 2.56. The standard InChI is InChI=1S/C51H34N4/c1-5-15-36(16-6-1)47-32-30-40(34-52-47)50-54-48(37-17-7-2-8-18-37)53-49(55-50)38-27-25-35(26-28-38)39-29-31-46-44(33-39)43-23-13-14-24-45(43)51(46,41-19-9-3-10-20-41)42-21-11-4-12-22-42/h1-34H. The Bertz CT molecular complexity index is 2730. The van der Waals surface area contributed by atoms with Gasteiger partial charge in [-0.25, -0.2) is 15.0 Å². The number of hydrogen-bond donors (Lipinski definition) is 0. The Labute approximate surface area is 320 Å². The third-order valence-corrected chi connectivity index (χ3v) is 10.7. The smallest absolute Gasteiger partial charge is 0.165 e. The maximum absolute atomic E-state index is 4.99. The van der Waals surface area contributed by atoms with Gasteiger partial charge < -0.3 is 0 Å². The second kappa shape index (κ2) is 13.6. The Kier molecular flexibility index (Phi) is 8.00. The molecule has 9 aromatic rings. The molecule has 0 fully saturated rings. The highest BCUT2D eigenvalue weighted by molar-refractivity contribution is 5.89. The highest BCUT2D eigenvalue weighted by Gasteiger charge is 2.45. The summed E-state index contributed by atoms with van der Waals surface area (Å²) in [6, 6.07) is 70.5. The van der Waals surface area contributed by atoms with Crippen LogP contribution in [-0.4, -0.2) is 19.9 Å². The fourth-order valence-electron chi connectivity index (χ4n) is 8.10. The fourth-order valence-corrected chi connectivity index (χ4v) is 8.10. The van der Waals surface area contributed by atoms with Gasteiger partial charge in [-0.2, -0.15) is 0 Å². The Balaban J connectivity index is 1.04. The van der Waals surface area contributed by atoms with E-state index in [-0.39, 0.29) is 0 Å². The van der Waals surface area contributed by atoms with E-state index in [2.05, 4.69) is 140 Å². The van der Waals surface area contributed by atoms with E-state index in [1.165, 1.54) is 33.4 Å². The van der Waals surface area contributed by atoms with Gasteiger partial charge >= 0.3 is 0 Å². The molecule has 55 heavy (non-hydrogen) atoms. The second-order valence-electron chi connectivity index (χ2n) is 13.8. The van der Waals surface area contributed by atoms with Crippen molar-refractivity contribution in [2.24, 2.45) is 0 Å². The summed E-state index contributed by atoms with van der Waals surface area (Å²) in [5, 5.41) is 0. The van der Waals surface area contributed by atoms with Crippen LogP contribution in [0.5, 0.6) is 0 Å². The first-order valence-electron chi connectivity index (χ1n) is 18.6. The van der Waals surface area contributed by atoms with Gasteiger partial charge in [0.1, 0.15) is 0 Å². The summed E-state index contributed by atoms with van der Waals surface area (Å²) in [5.74, 6) is 1.81. The molecule has 4 nitrogen and oxygen atoms in total. The molecule has 0 atom stereocenters. The zero-order chi connectivity index (χ0) is 36.6. The van der Waals surface area contributed by atoms with Crippen LogP contribution in [0, 0.1) is 0 Å². The zero-order valence-electron chi connectivity index (χ0n) is 29.9. The van der Waals surface area contributed by atoms with Crippen molar-refractivity contribution < 1.29 is 0 Å². The van der Waals surface area contributed by atoms with Gasteiger partial charge in [-0.05, 0) is 62.7 Å². The summed E-state index contributed by atoms with van der Waals surface area (Å²) in [4.78, 5) is 19.6. The van der Waals surface area contributed by atoms with E-state index in [4.69, 9.17) is 19.9 Å². The molecule has 10 rings (SSSR count). The Morgan fingerprint density at radius 2 is 0.764 bits per heavy atom. The quantitative estimate of drug-likeness (QED) is 0.166. The molecule has 0 unspecified atom stereocenters. The third kappa shape index (κ3) is 5.63. The molecule has 0 spiro atoms. The van der Waals surface area contributed by atoms with E-state index < -0.39 is 5.41 Å². The molecular weight excluding hydrogens is 669 g/mol. The van der Waals surface area contributed by atoms with Gasteiger partial charge in [0.25, 0.3) is 0 Å². The zero-order valence-corrected chi connectivity index (χ0v) is 29.9. The minimum absolute atomic E-state index is 0.416. The molecule has 0 amide bonds. The topological polar surface area (TPSA) is 51.6 Å². The summed E-state index contributed by atoms with van der Waals surface area (Å²) in [6.07, 6.45) is 1.84. The van der Waals surface area contributed by atoms with Crippen molar-refractivity contribution in [3.8, 4) is 67.7 Å². The van der Waals surface area contributed by atoms with Gasteiger partial charge in [-0.15, -0.1) is 0 Å². The number of aromatic nitrogens is 4. The first-order chi connectivity index (χ1) is 27.3. The van der Waals surface area contributed by atoms with Crippen molar-refractivity contribution in [1.29, 1.82) is 0 Å². The van der Waals surface area contributed by atoms with Crippen molar-refractivity contribution in [3.05, 3.63) is 229 Å². The Morgan fingerprint density at radius 1 is 0.309 bits per heavy atom. The summed E-state index contributed by atoms with van der Waals surface area (Å²) in [6.45, 7) is 0. The van der Waals surface area contributed by atoms with Crippen molar-refractivity contribution in [2.45, 2.75) is 5.41 Å². The Morgan fingerprint density at radius 3 is 1.36 bits per heavy atom. The predicted octanol–water partition coefficient (Wildman–Crippen LogP) is 12.0. The minimum Gasteiger partial charge on any atom is -0.255 e. The molecule has 258 valence electrons. The first kappa shape index (κ1) is 32.4. The fraction of sp³-hybridized carbons (Fsp3) is 0.0196. The van der Waals surface area contributed by atoms with E-state index in [0.29, 0.717) is 17.5 Å². The van der Waals surface area contributed by atoms with Gasteiger partial charge in [-0.3, -0.25) is 4.98 Å². The molecule has 7 aromatic carbocycles. The van der Waals surface area contributed by atoms with Crippen molar-refractivity contribution >= 4 is 0 Å². The maximum Gasteiger partial charge on any atom is 0.165 e. The van der Waals surface area contributed by atoms with Gasteiger partial charge in [-0.1, -0.05) is 182 Å². The van der Waals surface area contributed by atoms with Gasteiger partial charge in [0.2, 0.25) is 0 Å². The SMILES string of the molecule is c1ccc(-c2ccc(-c3nc(-c4ccccc4)nc(-c4ccc(-c5ccc6c(c5)-c5ccccc5C6(c5ccccc5)c5ccccc5)cc4)n3)cn2)cc1. The molecule has 1 aliphatic rings. The third-order valence-electron chi connectivity index (χ3n) is 10.7. The maximum atomic E-state index is 4.99. The second-order valence-corrected chi connectivity index (χ2v) is 13.8. The summed E-state index contributed by atoms with van der Waals surface area (Å²) in [7, 11) is 0. The largest absolute Gasteiger partial charge is 0.255 e.